The van der Waals surface area contributed by atoms with Crippen LogP contribution in [0.5, 0.6) is 11.5 Å². The normalized spacial score (nSPS) is 13.8. The summed E-state index contributed by atoms with van der Waals surface area (Å²) in [7, 11) is 3.05. The number of ether oxygens (including phenoxy) is 2. The number of para-hydroxylation sites is 1. The molecule has 0 aliphatic carbocycles. The molecular formula is C32H33ClFN3O4. The van der Waals surface area contributed by atoms with Crippen LogP contribution in [0.15, 0.2) is 66.7 Å². The molecule has 0 atom stereocenters. The number of rotatable bonds is 9. The van der Waals surface area contributed by atoms with Crippen LogP contribution in [0.3, 0.4) is 0 Å². The number of benzene rings is 3. The molecule has 1 aromatic heterocycles. The number of carbonyl (C=O) groups excluding carboxylic acids is 1. The third-order valence-corrected chi connectivity index (χ3v) is 7.70. The number of methoxy groups -OCH3 is 2. The Balaban J connectivity index is 1.55. The molecule has 0 bridgehead atoms. The van der Waals surface area contributed by atoms with Crippen molar-refractivity contribution in [3.63, 3.8) is 0 Å². The Morgan fingerprint density at radius 3 is 2.54 bits per heavy atom. The number of fused-ring (bicyclic) bond motifs is 1. The standard InChI is InChI=1S/C32H33ClFN3O4/c1-40-29-5-3-4-27(30(29)41-2)32(39)37(15-12-21-6-10-25(34)11-7-21)20-23-18-22-8-9-24(33)19-28(22)35-31(23)36-16-13-26(38)14-17-36/h3-11,18-19,26,38H,12-17,20H2,1-2H3. The summed E-state index contributed by atoms with van der Waals surface area (Å²) in [6, 6.07) is 19.2. The lowest BCUT2D eigenvalue weighted by molar-refractivity contribution is 0.0741. The first kappa shape index (κ1) is 28.6. The second-order valence-corrected chi connectivity index (χ2v) is 10.6. The highest BCUT2D eigenvalue weighted by Crippen LogP contribution is 2.33. The number of aromatic nitrogens is 1. The van der Waals surface area contributed by atoms with E-state index in [1.165, 1.54) is 26.4 Å². The predicted octanol–water partition coefficient (Wildman–Crippen LogP) is 5.89. The fourth-order valence-electron chi connectivity index (χ4n) is 5.24. The van der Waals surface area contributed by atoms with Gasteiger partial charge in [-0.15, -0.1) is 0 Å². The number of anilines is 1. The minimum absolute atomic E-state index is 0.223. The number of halogens is 2. The molecule has 214 valence electrons. The summed E-state index contributed by atoms with van der Waals surface area (Å²) in [6.45, 7) is 1.96. The van der Waals surface area contributed by atoms with Gasteiger partial charge in [0.1, 0.15) is 11.6 Å². The lowest BCUT2D eigenvalue weighted by atomic mass is 10.0. The highest BCUT2D eigenvalue weighted by atomic mass is 35.5. The number of amides is 1. The first-order valence-electron chi connectivity index (χ1n) is 13.6. The molecule has 0 radical (unpaired) electrons. The van der Waals surface area contributed by atoms with Crippen molar-refractivity contribution in [2.45, 2.75) is 31.9 Å². The summed E-state index contributed by atoms with van der Waals surface area (Å²) in [6.07, 6.45) is 1.48. The van der Waals surface area contributed by atoms with Gasteiger partial charge in [-0.3, -0.25) is 4.79 Å². The van der Waals surface area contributed by atoms with Crippen LogP contribution in [0.1, 0.15) is 34.3 Å². The number of hydrogen-bond donors (Lipinski definition) is 1. The largest absolute Gasteiger partial charge is 0.493 e. The Labute approximate surface area is 244 Å². The highest BCUT2D eigenvalue weighted by Gasteiger charge is 2.26. The van der Waals surface area contributed by atoms with Crippen molar-refractivity contribution in [3.05, 3.63) is 94.3 Å². The van der Waals surface area contributed by atoms with E-state index in [1.54, 1.807) is 35.2 Å². The van der Waals surface area contributed by atoms with Gasteiger partial charge in [0.15, 0.2) is 11.5 Å². The van der Waals surface area contributed by atoms with E-state index in [1.807, 2.05) is 18.2 Å². The SMILES string of the molecule is COc1cccc(C(=O)N(CCc2ccc(F)cc2)Cc2cc3ccc(Cl)cc3nc2N2CCC(O)CC2)c1OC. The van der Waals surface area contributed by atoms with E-state index in [-0.39, 0.29) is 24.4 Å². The fourth-order valence-corrected chi connectivity index (χ4v) is 5.41. The molecule has 1 saturated heterocycles. The van der Waals surface area contributed by atoms with Crippen LogP contribution in [0.25, 0.3) is 10.9 Å². The summed E-state index contributed by atoms with van der Waals surface area (Å²) < 4.78 is 24.6. The molecule has 1 amide bonds. The second kappa shape index (κ2) is 12.7. The van der Waals surface area contributed by atoms with Crippen LogP contribution in [0, 0.1) is 5.82 Å². The van der Waals surface area contributed by atoms with Crippen LogP contribution in [0.4, 0.5) is 10.2 Å². The van der Waals surface area contributed by atoms with Gasteiger partial charge in [-0.1, -0.05) is 35.9 Å². The van der Waals surface area contributed by atoms with E-state index in [9.17, 15) is 14.3 Å². The molecule has 4 aromatic rings. The number of piperidine rings is 1. The van der Waals surface area contributed by atoms with E-state index >= 15 is 0 Å². The molecule has 0 spiro atoms. The molecule has 9 heteroatoms. The predicted molar refractivity (Wildman–Crippen MR) is 159 cm³/mol. The molecule has 1 aliphatic heterocycles. The molecule has 41 heavy (non-hydrogen) atoms. The Bertz CT molecular complexity index is 1520. The molecule has 5 rings (SSSR count). The van der Waals surface area contributed by atoms with E-state index in [0.717, 1.165) is 27.8 Å². The molecule has 7 nitrogen and oxygen atoms in total. The second-order valence-electron chi connectivity index (χ2n) is 10.2. The molecule has 0 saturated carbocycles. The van der Waals surface area contributed by atoms with Gasteiger partial charge >= 0.3 is 0 Å². The Morgan fingerprint density at radius 2 is 1.83 bits per heavy atom. The van der Waals surface area contributed by atoms with Gasteiger partial charge < -0.3 is 24.4 Å². The van der Waals surface area contributed by atoms with Gasteiger partial charge in [-0.05, 0) is 67.3 Å². The zero-order valence-electron chi connectivity index (χ0n) is 23.1. The maximum atomic E-state index is 14.2. The average molecular weight is 578 g/mol. The van der Waals surface area contributed by atoms with Crippen molar-refractivity contribution in [2.24, 2.45) is 0 Å². The van der Waals surface area contributed by atoms with Gasteiger partial charge in [-0.2, -0.15) is 0 Å². The summed E-state index contributed by atoms with van der Waals surface area (Å²) in [5, 5.41) is 11.6. The number of nitrogens with zero attached hydrogens (tertiary/aromatic N) is 3. The fraction of sp³-hybridized carbons (Fsp3) is 0.312. The van der Waals surface area contributed by atoms with Crippen molar-refractivity contribution in [1.29, 1.82) is 0 Å². The topological polar surface area (TPSA) is 75.1 Å². The van der Waals surface area contributed by atoms with Gasteiger partial charge in [0.05, 0.1) is 31.4 Å². The molecule has 2 heterocycles. The Morgan fingerprint density at radius 1 is 1.07 bits per heavy atom. The lowest BCUT2D eigenvalue weighted by Crippen LogP contribution is -2.38. The van der Waals surface area contributed by atoms with E-state index in [2.05, 4.69) is 11.0 Å². The van der Waals surface area contributed by atoms with E-state index in [4.69, 9.17) is 26.1 Å². The number of carbonyl (C=O) groups is 1. The number of aliphatic hydroxyl groups is 1. The average Bonchev–Trinajstić information content (AvgIpc) is 2.99. The molecule has 3 aromatic carbocycles. The van der Waals surface area contributed by atoms with Gasteiger partial charge in [0, 0.05) is 42.2 Å². The third-order valence-electron chi connectivity index (χ3n) is 7.47. The number of hydrogen-bond acceptors (Lipinski definition) is 6. The maximum Gasteiger partial charge on any atom is 0.258 e. The van der Waals surface area contributed by atoms with Crippen molar-refractivity contribution in [3.8, 4) is 11.5 Å². The molecule has 1 aliphatic rings. The van der Waals surface area contributed by atoms with Crippen LogP contribution < -0.4 is 14.4 Å². The molecule has 1 fully saturated rings. The quantitative estimate of drug-likeness (QED) is 0.267. The van der Waals surface area contributed by atoms with E-state index < -0.39 is 0 Å². The summed E-state index contributed by atoms with van der Waals surface area (Å²) in [4.78, 5) is 23.1. The van der Waals surface area contributed by atoms with Crippen molar-refractivity contribution >= 4 is 34.2 Å². The van der Waals surface area contributed by atoms with Gasteiger partial charge in [-0.25, -0.2) is 9.37 Å². The zero-order valence-corrected chi connectivity index (χ0v) is 23.9. The monoisotopic (exact) mass is 577 g/mol. The van der Waals surface area contributed by atoms with Crippen molar-refractivity contribution < 1.29 is 23.8 Å². The maximum absolute atomic E-state index is 14.2. The first-order valence-corrected chi connectivity index (χ1v) is 14.0. The van der Waals surface area contributed by atoms with Gasteiger partial charge in [0.2, 0.25) is 0 Å². The minimum atomic E-state index is -0.334. The Kier molecular flexibility index (Phi) is 8.90. The molecular weight excluding hydrogens is 545 g/mol. The van der Waals surface area contributed by atoms with Crippen LogP contribution >= 0.6 is 11.6 Å². The summed E-state index contributed by atoms with van der Waals surface area (Å²) >= 11 is 6.29. The van der Waals surface area contributed by atoms with E-state index in [0.29, 0.717) is 61.0 Å². The zero-order chi connectivity index (χ0) is 28.9. The smallest absolute Gasteiger partial charge is 0.258 e. The lowest BCUT2D eigenvalue weighted by Gasteiger charge is -2.33. The number of aliphatic hydroxyl groups excluding tert-OH is 1. The summed E-state index contributed by atoms with van der Waals surface area (Å²) in [5.41, 5.74) is 2.94. The van der Waals surface area contributed by atoms with Crippen LogP contribution in [0.2, 0.25) is 5.02 Å². The van der Waals surface area contributed by atoms with Crippen LogP contribution in [-0.2, 0) is 13.0 Å². The molecule has 0 unspecified atom stereocenters. The molecule has 1 N–H and O–H groups in total. The number of pyridine rings is 1. The third kappa shape index (κ3) is 6.55. The van der Waals surface area contributed by atoms with Gasteiger partial charge in [0.25, 0.3) is 5.91 Å². The van der Waals surface area contributed by atoms with Crippen molar-refractivity contribution in [1.82, 2.24) is 9.88 Å². The summed E-state index contributed by atoms with van der Waals surface area (Å²) in [5.74, 6) is 1.07. The van der Waals surface area contributed by atoms with Crippen LogP contribution in [-0.4, -0.2) is 60.9 Å². The first-order chi connectivity index (χ1) is 19.9. The van der Waals surface area contributed by atoms with Crippen molar-refractivity contribution in [2.75, 3.05) is 38.8 Å². The highest BCUT2D eigenvalue weighted by molar-refractivity contribution is 6.31. The Hall–Kier alpha value is -3.88. The minimum Gasteiger partial charge on any atom is -0.493 e.